The van der Waals surface area contributed by atoms with Gasteiger partial charge in [0.25, 0.3) is 0 Å². The van der Waals surface area contributed by atoms with E-state index in [0.29, 0.717) is 12.2 Å². The standard InChI is InChI=1S/C10H16N4O/c1-3-11-4-8(2)10(15)14-9-5-12-7-13-6-9/h5-8,11H,3-4H2,1-2H3,(H,14,15). The third-order valence-electron chi connectivity index (χ3n) is 1.98. The van der Waals surface area contributed by atoms with Crippen molar-refractivity contribution in [3.63, 3.8) is 0 Å². The second-order valence-corrected chi connectivity index (χ2v) is 3.33. The van der Waals surface area contributed by atoms with Gasteiger partial charge in [-0.1, -0.05) is 13.8 Å². The highest BCUT2D eigenvalue weighted by molar-refractivity contribution is 5.92. The normalized spacial score (nSPS) is 12.1. The van der Waals surface area contributed by atoms with E-state index in [2.05, 4.69) is 20.6 Å². The molecule has 0 saturated carbocycles. The molecule has 0 aromatic carbocycles. The van der Waals surface area contributed by atoms with Gasteiger partial charge in [-0.15, -0.1) is 0 Å². The summed E-state index contributed by atoms with van der Waals surface area (Å²) in [4.78, 5) is 19.2. The van der Waals surface area contributed by atoms with Crippen LogP contribution in [-0.4, -0.2) is 29.0 Å². The maximum atomic E-state index is 11.6. The number of carbonyl (C=O) groups excluding carboxylic acids is 1. The first-order valence-electron chi connectivity index (χ1n) is 5.00. The van der Waals surface area contributed by atoms with E-state index in [1.165, 1.54) is 6.33 Å². The Morgan fingerprint density at radius 1 is 1.47 bits per heavy atom. The molecule has 15 heavy (non-hydrogen) atoms. The fraction of sp³-hybridized carbons (Fsp3) is 0.500. The molecule has 1 atom stereocenters. The van der Waals surface area contributed by atoms with Crippen molar-refractivity contribution >= 4 is 11.6 Å². The fourth-order valence-corrected chi connectivity index (χ4v) is 1.08. The molecular weight excluding hydrogens is 192 g/mol. The van der Waals surface area contributed by atoms with E-state index in [-0.39, 0.29) is 11.8 Å². The second-order valence-electron chi connectivity index (χ2n) is 3.33. The summed E-state index contributed by atoms with van der Waals surface area (Å²) in [6, 6.07) is 0. The molecule has 0 saturated heterocycles. The van der Waals surface area contributed by atoms with Gasteiger partial charge in [0, 0.05) is 12.5 Å². The number of carbonyl (C=O) groups is 1. The molecule has 1 amide bonds. The molecule has 0 bridgehead atoms. The van der Waals surface area contributed by atoms with Gasteiger partial charge >= 0.3 is 0 Å². The summed E-state index contributed by atoms with van der Waals surface area (Å²) in [5.41, 5.74) is 0.630. The average Bonchev–Trinajstić information content (AvgIpc) is 2.27. The zero-order valence-electron chi connectivity index (χ0n) is 9.03. The van der Waals surface area contributed by atoms with Gasteiger partial charge in [-0.2, -0.15) is 0 Å². The fourth-order valence-electron chi connectivity index (χ4n) is 1.08. The minimum Gasteiger partial charge on any atom is -0.323 e. The smallest absolute Gasteiger partial charge is 0.228 e. The van der Waals surface area contributed by atoms with Crippen molar-refractivity contribution < 1.29 is 4.79 Å². The molecule has 5 heteroatoms. The lowest BCUT2D eigenvalue weighted by molar-refractivity contribution is -0.119. The van der Waals surface area contributed by atoms with E-state index < -0.39 is 0 Å². The zero-order valence-corrected chi connectivity index (χ0v) is 9.03. The van der Waals surface area contributed by atoms with Crippen LogP contribution in [0, 0.1) is 5.92 Å². The summed E-state index contributed by atoms with van der Waals surface area (Å²) in [5.74, 6) is -0.0871. The lowest BCUT2D eigenvalue weighted by Crippen LogP contribution is -2.30. The summed E-state index contributed by atoms with van der Waals surface area (Å²) in [6.45, 7) is 5.43. The van der Waals surface area contributed by atoms with Crippen LogP contribution in [0.4, 0.5) is 5.69 Å². The Kier molecular flexibility index (Phi) is 4.70. The van der Waals surface area contributed by atoms with E-state index in [0.717, 1.165) is 6.54 Å². The third kappa shape index (κ3) is 4.03. The van der Waals surface area contributed by atoms with Crippen LogP contribution in [0.1, 0.15) is 13.8 Å². The molecule has 82 valence electrons. The SMILES string of the molecule is CCNCC(C)C(=O)Nc1cncnc1. The lowest BCUT2D eigenvalue weighted by Gasteiger charge is -2.11. The van der Waals surface area contributed by atoms with E-state index >= 15 is 0 Å². The van der Waals surface area contributed by atoms with Crippen molar-refractivity contribution in [2.45, 2.75) is 13.8 Å². The molecule has 0 aliphatic carbocycles. The molecular formula is C10H16N4O. The number of nitrogens with zero attached hydrogens (tertiary/aromatic N) is 2. The molecule has 1 heterocycles. The number of anilines is 1. The van der Waals surface area contributed by atoms with E-state index in [1.807, 2.05) is 13.8 Å². The summed E-state index contributed by atoms with van der Waals surface area (Å²) in [7, 11) is 0. The largest absolute Gasteiger partial charge is 0.323 e. The van der Waals surface area contributed by atoms with Crippen molar-refractivity contribution in [2.24, 2.45) is 5.92 Å². The first-order valence-corrected chi connectivity index (χ1v) is 5.00. The number of hydrogen-bond acceptors (Lipinski definition) is 4. The summed E-state index contributed by atoms with van der Waals surface area (Å²) < 4.78 is 0. The Morgan fingerprint density at radius 2 is 2.13 bits per heavy atom. The molecule has 0 fully saturated rings. The highest BCUT2D eigenvalue weighted by atomic mass is 16.1. The van der Waals surface area contributed by atoms with Crippen LogP contribution in [0.3, 0.4) is 0 Å². The molecule has 0 radical (unpaired) electrons. The van der Waals surface area contributed by atoms with Gasteiger partial charge in [0.2, 0.25) is 5.91 Å². The van der Waals surface area contributed by atoms with Gasteiger partial charge in [0.05, 0.1) is 18.1 Å². The third-order valence-corrected chi connectivity index (χ3v) is 1.98. The molecule has 2 N–H and O–H groups in total. The maximum Gasteiger partial charge on any atom is 0.228 e. The highest BCUT2D eigenvalue weighted by Gasteiger charge is 2.11. The Labute approximate surface area is 89.3 Å². The molecule has 5 nitrogen and oxygen atoms in total. The molecule has 0 aliphatic rings. The van der Waals surface area contributed by atoms with Crippen LogP contribution in [0.5, 0.6) is 0 Å². The van der Waals surface area contributed by atoms with Crippen LogP contribution in [0.25, 0.3) is 0 Å². The van der Waals surface area contributed by atoms with Gasteiger partial charge < -0.3 is 10.6 Å². The Hall–Kier alpha value is -1.49. The van der Waals surface area contributed by atoms with Gasteiger partial charge in [0.15, 0.2) is 0 Å². The predicted octanol–water partition coefficient (Wildman–Crippen LogP) is 0.661. The summed E-state index contributed by atoms with van der Waals surface area (Å²) in [6.07, 6.45) is 4.58. The predicted molar refractivity (Wildman–Crippen MR) is 58.4 cm³/mol. The zero-order chi connectivity index (χ0) is 11.1. The van der Waals surface area contributed by atoms with Crippen molar-refractivity contribution in [2.75, 3.05) is 18.4 Å². The number of hydrogen-bond donors (Lipinski definition) is 2. The van der Waals surface area contributed by atoms with E-state index in [4.69, 9.17) is 0 Å². The van der Waals surface area contributed by atoms with Crippen LogP contribution in [-0.2, 0) is 4.79 Å². The van der Waals surface area contributed by atoms with Crippen LogP contribution >= 0.6 is 0 Å². The minimum absolute atomic E-state index is 0.0225. The van der Waals surface area contributed by atoms with Crippen molar-refractivity contribution in [3.05, 3.63) is 18.7 Å². The number of amides is 1. The summed E-state index contributed by atoms with van der Waals surface area (Å²) >= 11 is 0. The first-order chi connectivity index (χ1) is 7.24. The average molecular weight is 208 g/mol. The molecule has 1 aromatic heterocycles. The molecule has 1 aromatic rings. The molecule has 1 unspecified atom stereocenters. The number of nitrogens with one attached hydrogen (secondary N) is 2. The van der Waals surface area contributed by atoms with Crippen LogP contribution < -0.4 is 10.6 Å². The van der Waals surface area contributed by atoms with E-state index in [9.17, 15) is 4.79 Å². The first kappa shape index (κ1) is 11.6. The Bertz CT molecular complexity index is 302. The van der Waals surface area contributed by atoms with Gasteiger partial charge in [-0.3, -0.25) is 4.79 Å². The summed E-state index contributed by atoms with van der Waals surface area (Å²) in [5, 5.41) is 5.87. The highest BCUT2D eigenvalue weighted by Crippen LogP contribution is 2.03. The Balaban J connectivity index is 2.42. The van der Waals surface area contributed by atoms with Crippen LogP contribution in [0.2, 0.25) is 0 Å². The van der Waals surface area contributed by atoms with Gasteiger partial charge in [0.1, 0.15) is 6.33 Å². The Morgan fingerprint density at radius 3 is 2.73 bits per heavy atom. The molecule has 0 aliphatic heterocycles. The molecule has 0 spiro atoms. The monoisotopic (exact) mass is 208 g/mol. The van der Waals surface area contributed by atoms with Crippen molar-refractivity contribution in [1.82, 2.24) is 15.3 Å². The maximum absolute atomic E-state index is 11.6. The number of aromatic nitrogens is 2. The van der Waals surface area contributed by atoms with Gasteiger partial charge in [-0.05, 0) is 6.54 Å². The van der Waals surface area contributed by atoms with Crippen LogP contribution in [0.15, 0.2) is 18.7 Å². The van der Waals surface area contributed by atoms with Crippen molar-refractivity contribution in [3.8, 4) is 0 Å². The molecule has 1 rings (SSSR count). The quantitative estimate of drug-likeness (QED) is 0.746. The lowest BCUT2D eigenvalue weighted by atomic mass is 10.1. The van der Waals surface area contributed by atoms with Crippen molar-refractivity contribution in [1.29, 1.82) is 0 Å². The van der Waals surface area contributed by atoms with E-state index in [1.54, 1.807) is 12.4 Å². The topological polar surface area (TPSA) is 66.9 Å². The van der Waals surface area contributed by atoms with Gasteiger partial charge in [-0.25, -0.2) is 9.97 Å². The minimum atomic E-state index is -0.0647. The number of rotatable bonds is 5. The second kappa shape index (κ2) is 6.08.